The van der Waals surface area contributed by atoms with Gasteiger partial charge in [-0.25, -0.2) is 0 Å². The minimum absolute atomic E-state index is 0.253. The number of fused-ring (bicyclic) bond motifs is 6. The first-order chi connectivity index (χ1) is 16.4. The number of nitrogens with two attached hydrogens (primary N) is 2. The normalized spacial score (nSPS) is 10.9. The van der Waals surface area contributed by atoms with Crippen molar-refractivity contribution in [1.29, 1.82) is 5.41 Å². The third-order valence-electron chi connectivity index (χ3n) is 5.79. The van der Waals surface area contributed by atoms with Gasteiger partial charge in [0.05, 0.1) is 0 Å². The molecular formula is C27H20N4O3. The molecule has 6 aromatic carbocycles. The Hall–Kier alpha value is -4.91. The lowest BCUT2D eigenvalue weighted by molar-refractivity contribution is -0.710. The second-order valence-electron chi connectivity index (χ2n) is 8.01. The fourth-order valence-electron chi connectivity index (χ4n) is 4.41. The van der Waals surface area contributed by atoms with Crippen molar-refractivity contribution < 1.29 is 9.92 Å². The number of rotatable bonds is 2. The Bertz CT molecular complexity index is 1760. The van der Waals surface area contributed by atoms with Crippen molar-refractivity contribution in [3.05, 3.63) is 101 Å². The standard InChI is InChI=1S/C26H15NO3.CH5N3/c28-27(29)30-26-7-3-6-18-12-19-8-9-20-13-21-10-16-4-1-2-5-17(16)11-22(21)14-23(20)24(19)15-25(18)26;2-1(3)4/h1-15H;(H5,2,3,4). The summed E-state index contributed by atoms with van der Waals surface area (Å²) in [4.78, 5) is 15.8. The Morgan fingerprint density at radius 1 is 0.647 bits per heavy atom. The van der Waals surface area contributed by atoms with Crippen molar-refractivity contribution in [2.45, 2.75) is 0 Å². The largest absolute Gasteiger partial charge is 0.370 e. The summed E-state index contributed by atoms with van der Waals surface area (Å²) >= 11 is 0. The number of nitrogens with zero attached hydrogens (tertiary/aromatic N) is 1. The molecule has 7 heteroatoms. The van der Waals surface area contributed by atoms with Crippen molar-refractivity contribution in [3.8, 4) is 5.75 Å². The van der Waals surface area contributed by atoms with Gasteiger partial charge in [-0.15, -0.1) is 10.1 Å². The fraction of sp³-hybridized carbons (Fsp3) is 0. The van der Waals surface area contributed by atoms with Crippen LogP contribution in [0.2, 0.25) is 0 Å². The molecule has 166 valence electrons. The molecule has 0 atom stereocenters. The second-order valence-corrected chi connectivity index (χ2v) is 8.01. The van der Waals surface area contributed by atoms with E-state index >= 15 is 0 Å². The number of hydrogen-bond donors (Lipinski definition) is 3. The highest BCUT2D eigenvalue weighted by molar-refractivity contribution is 6.16. The van der Waals surface area contributed by atoms with Crippen molar-refractivity contribution in [2.75, 3.05) is 0 Å². The molecule has 5 N–H and O–H groups in total. The highest BCUT2D eigenvalue weighted by Crippen LogP contribution is 2.36. The maximum atomic E-state index is 10.9. The third kappa shape index (κ3) is 3.86. The summed E-state index contributed by atoms with van der Waals surface area (Å²) in [6, 6.07) is 30.8. The van der Waals surface area contributed by atoms with E-state index in [2.05, 4.69) is 72.1 Å². The van der Waals surface area contributed by atoms with E-state index in [1.807, 2.05) is 18.2 Å². The molecule has 0 unspecified atom stereocenters. The Labute approximate surface area is 193 Å². The maximum Gasteiger partial charge on any atom is 0.299 e. The van der Waals surface area contributed by atoms with Gasteiger partial charge in [0.2, 0.25) is 0 Å². The van der Waals surface area contributed by atoms with E-state index in [1.165, 1.54) is 21.5 Å². The van der Waals surface area contributed by atoms with Gasteiger partial charge in [0.15, 0.2) is 5.96 Å². The molecule has 6 aromatic rings. The molecule has 0 aliphatic carbocycles. The Morgan fingerprint density at radius 2 is 1.12 bits per heavy atom. The first-order valence-corrected chi connectivity index (χ1v) is 10.5. The third-order valence-corrected chi connectivity index (χ3v) is 5.79. The molecule has 0 saturated carbocycles. The van der Waals surface area contributed by atoms with Gasteiger partial charge >= 0.3 is 0 Å². The summed E-state index contributed by atoms with van der Waals surface area (Å²) in [5.41, 5.74) is 8.94. The minimum Gasteiger partial charge on any atom is -0.370 e. The summed E-state index contributed by atoms with van der Waals surface area (Å²) in [5, 5.41) is 27.0. The summed E-state index contributed by atoms with van der Waals surface area (Å²) in [6.45, 7) is 0. The van der Waals surface area contributed by atoms with Crippen LogP contribution in [0.3, 0.4) is 0 Å². The topological polar surface area (TPSA) is 128 Å². The molecule has 0 spiro atoms. The highest BCUT2D eigenvalue weighted by Gasteiger charge is 2.10. The van der Waals surface area contributed by atoms with Crippen molar-refractivity contribution >= 4 is 59.8 Å². The number of nitrogens with one attached hydrogen (secondary N) is 1. The number of hydrogen-bond acceptors (Lipinski definition) is 4. The zero-order valence-electron chi connectivity index (χ0n) is 18.0. The second kappa shape index (κ2) is 8.22. The monoisotopic (exact) mass is 448 g/mol. The molecule has 0 aliphatic rings. The van der Waals surface area contributed by atoms with E-state index in [9.17, 15) is 10.1 Å². The van der Waals surface area contributed by atoms with Gasteiger partial charge in [0, 0.05) is 5.39 Å². The quantitative estimate of drug-likeness (QED) is 0.0763. The molecule has 34 heavy (non-hydrogen) atoms. The van der Waals surface area contributed by atoms with Gasteiger partial charge in [-0.3, -0.25) is 10.2 Å². The molecule has 0 radical (unpaired) electrons. The van der Waals surface area contributed by atoms with Crippen LogP contribution in [0.1, 0.15) is 0 Å². The van der Waals surface area contributed by atoms with Crippen molar-refractivity contribution in [1.82, 2.24) is 0 Å². The van der Waals surface area contributed by atoms with Crippen LogP contribution in [0.25, 0.3) is 53.9 Å². The molecule has 0 aromatic heterocycles. The molecule has 0 aliphatic heterocycles. The van der Waals surface area contributed by atoms with E-state index in [0.29, 0.717) is 0 Å². The van der Waals surface area contributed by atoms with Gasteiger partial charge in [0.25, 0.3) is 5.09 Å². The fourth-order valence-corrected chi connectivity index (χ4v) is 4.41. The maximum absolute atomic E-state index is 10.9. The van der Waals surface area contributed by atoms with Crippen molar-refractivity contribution in [3.63, 3.8) is 0 Å². The average molecular weight is 448 g/mol. The van der Waals surface area contributed by atoms with Gasteiger partial charge < -0.3 is 11.5 Å². The molecule has 0 amide bonds. The summed E-state index contributed by atoms with van der Waals surface area (Å²) < 4.78 is 0. The van der Waals surface area contributed by atoms with Gasteiger partial charge in [-0.2, -0.15) is 0 Å². The molecule has 0 saturated heterocycles. The van der Waals surface area contributed by atoms with E-state index in [4.69, 9.17) is 10.2 Å². The van der Waals surface area contributed by atoms with E-state index in [0.717, 1.165) is 32.3 Å². The highest BCUT2D eigenvalue weighted by atomic mass is 17.0. The predicted molar refractivity (Wildman–Crippen MR) is 138 cm³/mol. The van der Waals surface area contributed by atoms with Crippen LogP contribution in [0.15, 0.2) is 91.0 Å². The van der Waals surface area contributed by atoms with Crippen molar-refractivity contribution in [2.24, 2.45) is 11.5 Å². The predicted octanol–water partition coefficient (Wildman–Crippen LogP) is 5.86. The van der Waals surface area contributed by atoms with E-state index in [-0.39, 0.29) is 11.7 Å². The lowest BCUT2D eigenvalue weighted by Crippen LogP contribution is -2.20. The zero-order valence-corrected chi connectivity index (χ0v) is 18.0. The summed E-state index contributed by atoms with van der Waals surface area (Å²) in [6.07, 6.45) is 0. The van der Waals surface area contributed by atoms with E-state index in [1.54, 1.807) is 12.1 Å². The van der Waals surface area contributed by atoms with Crippen LogP contribution in [0, 0.1) is 15.5 Å². The zero-order chi connectivity index (χ0) is 23.8. The Morgan fingerprint density at radius 3 is 1.74 bits per heavy atom. The number of benzene rings is 6. The molecule has 0 fully saturated rings. The Kier molecular flexibility index (Phi) is 5.07. The average Bonchev–Trinajstić information content (AvgIpc) is 2.80. The van der Waals surface area contributed by atoms with Crippen LogP contribution in [-0.2, 0) is 0 Å². The minimum atomic E-state index is -0.763. The SMILES string of the molecule is N=C(N)N.O=[N+]([O-])Oc1cccc2cc3ccc4cc5cc6ccccc6cc5cc4c3cc12. The number of guanidine groups is 1. The van der Waals surface area contributed by atoms with Gasteiger partial charge in [-0.1, -0.05) is 48.5 Å². The Balaban J connectivity index is 0.000000560. The van der Waals surface area contributed by atoms with E-state index < -0.39 is 5.09 Å². The van der Waals surface area contributed by atoms with Crippen LogP contribution < -0.4 is 16.3 Å². The van der Waals surface area contributed by atoms with Crippen LogP contribution >= 0.6 is 0 Å². The molecular weight excluding hydrogens is 428 g/mol. The molecule has 0 heterocycles. The lowest BCUT2D eigenvalue weighted by Gasteiger charge is -2.11. The first-order valence-electron chi connectivity index (χ1n) is 10.5. The molecule has 6 rings (SSSR count). The lowest BCUT2D eigenvalue weighted by atomic mass is 9.94. The molecule has 7 nitrogen and oxygen atoms in total. The van der Waals surface area contributed by atoms with Crippen LogP contribution in [0.5, 0.6) is 5.75 Å². The smallest absolute Gasteiger partial charge is 0.299 e. The summed E-state index contributed by atoms with van der Waals surface area (Å²) in [5.74, 6) is -0.0804. The summed E-state index contributed by atoms with van der Waals surface area (Å²) in [7, 11) is 0. The van der Waals surface area contributed by atoms with Crippen LogP contribution in [0.4, 0.5) is 0 Å². The first kappa shape index (κ1) is 21.0. The van der Waals surface area contributed by atoms with Gasteiger partial charge in [-0.05, 0) is 90.9 Å². The molecule has 0 bridgehead atoms. The van der Waals surface area contributed by atoms with Gasteiger partial charge in [0.1, 0.15) is 5.75 Å². The van der Waals surface area contributed by atoms with Crippen LogP contribution in [-0.4, -0.2) is 11.0 Å².